The van der Waals surface area contributed by atoms with E-state index < -0.39 is 0 Å². The number of carbonyl (C=O) groups excluding carboxylic acids is 1. The van der Waals surface area contributed by atoms with E-state index in [9.17, 15) is 9.90 Å². The van der Waals surface area contributed by atoms with Crippen molar-refractivity contribution >= 4 is 40.3 Å². The van der Waals surface area contributed by atoms with Crippen LogP contribution >= 0.6 is 24.0 Å². The Morgan fingerprint density at radius 3 is 2.79 bits per heavy atom. The van der Waals surface area contributed by atoms with E-state index in [1.807, 2.05) is 0 Å². The summed E-state index contributed by atoms with van der Waals surface area (Å²) in [7, 11) is 1.50. The molecule has 2 aliphatic heterocycles. The minimum Gasteiger partial charge on any atom is -0.504 e. The number of carbonyl (C=O) groups is 1. The number of hydrogen-bond donors (Lipinski definition) is 1. The van der Waals surface area contributed by atoms with Gasteiger partial charge in [-0.1, -0.05) is 36.5 Å². The van der Waals surface area contributed by atoms with Gasteiger partial charge in [-0.15, -0.1) is 0 Å². The van der Waals surface area contributed by atoms with Crippen LogP contribution in [0.2, 0.25) is 0 Å². The number of rotatable bonds is 4. The average molecular weight is 364 g/mol. The Labute approximate surface area is 151 Å². The fourth-order valence-electron chi connectivity index (χ4n) is 2.86. The van der Waals surface area contributed by atoms with E-state index in [0.717, 1.165) is 18.7 Å². The molecule has 2 fully saturated rings. The van der Waals surface area contributed by atoms with Crippen LogP contribution in [0.3, 0.4) is 0 Å². The molecular weight excluding hydrogens is 344 g/mol. The molecule has 1 aromatic rings. The van der Waals surface area contributed by atoms with Gasteiger partial charge in [-0.3, -0.25) is 14.6 Å². The predicted octanol–water partition coefficient (Wildman–Crippen LogP) is 3.05. The molecule has 128 valence electrons. The van der Waals surface area contributed by atoms with Gasteiger partial charge in [-0.05, 0) is 49.7 Å². The zero-order valence-corrected chi connectivity index (χ0v) is 15.2. The fourth-order valence-corrected chi connectivity index (χ4v) is 4.10. The molecule has 0 unspecified atom stereocenters. The first kappa shape index (κ1) is 17.3. The van der Waals surface area contributed by atoms with Gasteiger partial charge in [0.1, 0.15) is 4.32 Å². The van der Waals surface area contributed by atoms with Gasteiger partial charge in [0, 0.05) is 0 Å². The van der Waals surface area contributed by atoms with Crippen LogP contribution in [-0.4, -0.2) is 52.0 Å². The molecule has 7 heteroatoms. The zero-order chi connectivity index (χ0) is 17.1. The smallest absolute Gasteiger partial charge is 0.267 e. The molecule has 2 heterocycles. The number of ether oxygens (including phenoxy) is 1. The summed E-state index contributed by atoms with van der Waals surface area (Å²) < 4.78 is 5.71. The zero-order valence-electron chi connectivity index (χ0n) is 13.5. The van der Waals surface area contributed by atoms with Crippen LogP contribution in [0.4, 0.5) is 0 Å². The largest absolute Gasteiger partial charge is 0.504 e. The Kier molecular flexibility index (Phi) is 5.43. The van der Waals surface area contributed by atoms with Crippen LogP contribution in [0, 0.1) is 0 Å². The minimum absolute atomic E-state index is 0.0531. The molecular formula is C17H20N2O3S2. The minimum atomic E-state index is -0.0531. The summed E-state index contributed by atoms with van der Waals surface area (Å²) in [5, 5.41) is 9.66. The molecule has 0 radical (unpaired) electrons. The monoisotopic (exact) mass is 364 g/mol. The summed E-state index contributed by atoms with van der Waals surface area (Å²) in [6.07, 6.45) is 5.41. The van der Waals surface area contributed by atoms with E-state index in [1.165, 1.54) is 38.1 Å². The second-order valence-corrected chi connectivity index (χ2v) is 7.54. The lowest BCUT2D eigenvalue weighted by Gasteiger charge is -2.29. The summed E-state index contributed by atoms with van der Waals surface area (Å²) >= 11 is 6.71. The number of likely N-dealkylation sites (tertiary alicyclic amines) is 1. The highest BCUT2D eigenvalue weighted by Crippen LogP contribution is 2.34. The molecule has 1 N–H and O–H groups in total. The first-order valence-electron chi connectivity index (χ1n) is 7.93. The summed E-state index contributed by atoms with van der Waals surface area (Å²) in [6, 6.07) is 5.00. The van der Waals surface area contributed by atoms with Crippen molar-refractivity contribution in [3.8, 4) is 11.5 Å². The number of amides is 1. The topological polar surface area (TPSA) is 53.0 Å². The highest BCUT2D eigenvalue weighted by Gasteiger charge is 2.33. The second-order valence-electron chi connectivity index (χ2n) is 5.86. The van der Waals surface area contributed by atoms with Gasteiger partial charge in [0.05, 0.1) is 18.7 Å². The number of methoxy groups -OCH3 is 1. The molecule has 0 aromatic heterocycles. The quantitative estimate of drug-likeness (QED) is 0.655. The maximum Gasteiger partial charge on any atom is 0.267 e. The fraction of sp³-hybridized carbons (Fsp3) is 0.412. The SMILES string of the molecule is COc1cc(C=C2SC(=S)N(CN3CCCCC3)C2=O)ccc1O. The maximum absolute atomic E-state index is 12.7. The number of phenolic OH excluding ortho intramolecular Hbond substituents is 1. The molecule has 3 rings (SSSR count). The Morgan fingerprint density at radius 2 is 2.08 bits per heavy atom. The van der Waals surface area contributed by atoms with Crippen molar-refractivity contribution in [1.29, 1.82) is 0 Å². The Bertz CT molecular complexity index is 684. The summed E-state index contributed by atoms with van der Waals surface area (Å²) in [6.45, 7) is 2.61. The number of aromatic hydroxyl groups is 1. The molecule has 0 bridgehead atoms. The molecule has 1 aromatic carbocycles. The average Bonchev–Trinajstić information content (AvgIpc) is 2.85. The summed E-state index contributed by atoms with van der Waals surface area (Å²) in [4.78, 5) is 17.2. The second kappa shape index (κ2) is 7.55. The third-order valence-electron chi connectivity index (χ3n) is 4.17. The highest BCUT2D eigenvalue weighted by atomic mass is 32.2. The number of benzene rings is 1. The predicted molar refractivity (Wildman–Crippen MR) is 100.0 cm³/mol. The van der Waals surface area contributed by atoms with Crippen molar-refractivity contribution in [3.05, 3.63) is 28.7 Å². The molecule has 5 nitrogen and oxygen atoms in total. The van der Waals surface area contributed by atoms with Crippen LogP contribution in [0.25, 0.3) is 6.08 Å². The van der Waals surface area contributed by atoms with Gasteiger partial charge in [0.15, 0.2) is 11.5 Å². The molecule has 0 aliphatic carbocycles. The first-order chi connectivity index (χ1) is 11.6. The third kappa shape index (κ3) is 3.74. The molecule has 24 heavy (non-hydrogen) atoms. The Hall–Kier alpha value is -1.57. The third-order valence-corrected chi connectivity index (χ3v) is 5.54. The highest BCUT2D eigenvalue weighted by molar-refractivity contribution is 8.26. The van der Waals surface area contributed by atoms with Gasteiger partial charge in [0.2, 0.25) is 0 Å². The maximum atomic E-state index is 12.7. The van der Waals surface area contributed by atoms with Gasteiger partial charge < -0.3 is 9.84 Å². The van der Waals surface area contributed by atoms with E-state index >= 15 is 0 Å². The van der Waals surface area contributed by atoms with Crippen molar-refractivity contribution in [2.75, 3.05) is 26.9 Å². The molecule has 0 saturated carbocycles. The van der Waals surface area contributed by atoms with E-state index in [-0.39, 0.29) is 11.7 Å². The van der Waals surface area contributed by atoms with Gasteiger partial charge in [-0.2, -0.15) is 0 Å². The normalized spacial score (nSPS) is 20.9. The number of piperidine rings is 1. The molecule has 2 aliphatic rings. The number of thiocarbonyl (C=S) groups is 1. The van der Waals surface area contributed by atoms with E-state index in [1.54, 1.807) is 29.2 Å². The van der Waals surface area contributed by atoms with Crippen LogP contribution in [0.15, 0.2) is 23.1 Å². The van der Waals surface area contributed by atoms with Crippen LogP contribution in [0.5, 0.6) is 11.5 Å². The van der Waals surface area contributed by atoms with Crippen LogP contribution in [0.1, 0.15) is 24.8 Å². The number of phenols is 1. The van der Waals surface area contributed by atoms with Crippen molar-refractivity contribution in [1.82, 2.24) is 9.80 Å². The van der Waals surface area contributed by atoms with Crippen molar-refractivity contribution in [3.63, 3.8) is 0 Å². The molecule has 2 saturated heterocycles. The summed E-state index contributed by atoms with van der Waals surface area (Å²) in [5.74, 6) is 0.405. The van der Waals surface area contributed by atoms with E-state index in [4.69, 9.17) is 17.0 Å². The Balaban J connectivity index is 1.75. The Morgan fingerprint density at radius 1 is 1.33 bits per heavy atom. The molecule has 1 amide bonds. The number of nitrogens with zero attached hydrogens (tertiary/aromatic N) is 2. The number of thioether (sulfide) groups is 1. The van der Waals surface area contributed by atoms with Crippen LogP contribution < -0.4 is 4.74 Å². The summed E-state index contributed by atoms with van der Waals surface area (Å²) in [5.41, 5.74) is 0.795. The standard InChI is InChI=1S/C17H20N2O3S2/c1-22-14-9-12(5-6-13(14)20)10-15-16(21)19(17(23)24-15)11-18-7-3-2-4-8-18/h5-6,9-10,20H,2-4,7-8,11H2,1H3. The molecule has 0 atom stereocenters. The first-order valence-corrected chi connectivity index (χ1v) is 9.15. The van der Waals surface area contributed by atoms with Gasteiger partial charge >= 0.3 is 0 Å². The van der Waals surface area contributed by atoms with Crippen LogP contribution in [-0.2, 0) is 4.79 Å². The van der Waals surface area contributed by atoms with Crippen molar-refractivity contribution < 1.29 is 14.6 Å². The number of hydrogen-bond acceptors (Lipinski definition) is 6. The van der Waals surface area contributed by atoms with Crippen molar-refractivity contribution in [2.45, 2.75) is 19.3 Å². The van der Waals surface area contributed by atoms with E-state index in [2.05, 4.69) is 4.90 Å². The van der Waals surface area contributed by atoms with Gasteiger partial charge in [-0.25, -0.2) is 0 Å². The molecule has 0 spiro atoms. The van der Waals surface area contributed by atoms with Gasteiger partial charge in [0.25, 0.3) is 5.91 Å². The lowest BCUT2D eigenvalue weighted by Crippen LogP contribution is -2.42. The lowest BCUT2D eigenvalue weighted by molar-refractivity contribution is -0.123. The van der Waals surface area contributed by atoms with Crippen molar-refractivity contribution in [2.24, 2.45) is 0 Å². The van der Waals surface area contributed by atoms with E-state index in [0.29, 0.717) is 21.6 Å². The lowest BCUT2D eigenvalue weighted by atomic mass is 10.1.